The molecular formula is C18H15FN2O3. The molecule has 0 aliphatic carbocycles. The Morgan fingerprint density at radius 1 is 1.00 bits per heavy atom. The number of halogens is 1. The number of hydrogen-bond donors (Lipinski definition) is 3. The molecule has 5 nitrogen and oxygen atoms in total. The van der Waals surface area contributed by atoms with Gasteiger partial charge >= 0.3 is 0 Å². The summed E-state index contributed by atoms with van der Waals surface area (Å²) in [7, 11) is 0. The zero-order valence-electron chi connectivity index (χ0n) is 12.6. The Morgan fingerprint density at radius 2 is 1.58 bits per heavy atom. The third-order valence-corrected chi connectivity index (χ3v) is 3.21. The Kier molecular flexibility index (Phi) is 5.59. The molecule has 0 aliphatic rings. The lowest BCUT2D eigenvalue weighted by Gasteiger charge is -2.04. The van der Waals surface area contributed by atoms with Crippen LogP contribution < -0.4 is 11.2 Å². The standard InChI is InChI=1S/C18H15FN2O3/c19-15-8-6-14(7-9-15)16(18(20)23)11-13-3-1-12(2-4-13)5-10-17(22)21-24/h1-11,24H,(H2,20,23)(H,21,22)/b10-5+,16-11+. The number of nitrogens with two attached hydrogens (primary N) is 1. The normalized spacial score (nSPS) is 11.5. The van der Waals surface area contributed by atoms with Crippen molar-refractivity contribution in [2.75, 3.05) is 0 Å². The molecule has 0 saturated carbocycles. The van der Waals surface area contributed by atoms with Crippen LogP contribution in [0.4, 0.5) is 4.39 Å². The topological polar surface area (TPSA) is 92.4 Å². The van der Waals surface area contributed by atoms with Crippen molar-refractivity contribution in [3.05, 3.63) is 77.1 Å². The minimum Gasteiger partial charge on any atom is -0.366 e. The highest BCUT2D eigenvalue weighted by Crippen LogP contribution is 2.19. The van der Waals surface area contributed by atoms with E-state index in [-0.39, 0.29) is 5.57 Å². The highest BCUT2D eigenvalue weighted by molar-refractivity contribution is 6.23. The van der Waals surface area contributed by atoms with Gasteiger partial charge in [0.2, 0.25) is 5.91 Å². The van der Waals surface area contributed by atoms with E-state index < -0.39 is 17.6 Å². The Labute approximate surface area is 137 Å². The van der Waals surface area contributed by atoms with Gasteiger partial charge in [-0.15, -0.1) is 0 Å². The Hall–Kier alpha value is -3.25. The van der Waals surface area contributed by atoms with E-state index in [0.717, 1.165) is 11.1 Å². The first-order valence-electron chi connectivity index (χ1n) is 6.99. The van der Waals surface area contributed by atoms with Crippen LogP contribution >= 0.6 is 0 Å². The van der Waals surface area contributed by atoms with Crippen LogP contribution in [-0.2, 0) is 9.59 Å². The molecule has 24 heavy (non-hydrogen) atoms. The van der Waals surface area contributed by atoms with Crippen LogP contribution in [0.15, 0.2) is 54.6 Å². The van der Waals surface area contributed by atoms with E-state index in [0.29, 0.717) is 5.56 Å². The number of hydrogen-bond acceptors (Lipinski definition) is 3. The molecule has 0 heterocycles. The van der Waals surface area contributed by atoms with Gasteiger partial charge in [0.05, 0.1) is 0 Å². The molecule has 0 saturated heterocycles. The molecule has 6 heteroatoms. The molecule has 0 fully saturated rings. The molecule has 2 rings (SSSR count). The van der Waals surface area contributed by atoms with Gasteiger partial charge in [0, 0.05) is 11.6 Å². The largest absolute Gasteiger partial charge is 0.366 e. The van der Waals surface area contributed by atoms with Crippen molar-refractivity contribution in [1.82, 2.24) is 5.48 Å². The second-order valence-corrected chi connectivity index (χ2v) is 4.91. The first-order chi connectivity index (χ1) is 11.5. The molecule has 2 aromatic carbocycles. The van der Waals surface area contributed by atoms with Crippen molar-refractivity contribution in [3.63, 3.8) is 0 Å². The highest BCUT2D eigenvalue weighted by atomic mass is 19.1. The summed E-state index contributed by atoms with van der Waals surface area (Å²) < 4.78 is 13.0. The van der Waals surface area contributed by atoms with Gasteiger partial charge in [-0.05, 0) is 41.0 Å². The molecule has 0 aromatic heterocycles. The molecule has 4 N–H and O–H groups in total. The molecular weight excluding hydrogens is 311 g/mol. The number of amides is 2. The van der Waals surface area contributed by atoms with Crippen LogP contribution in [0.25, 0.3) is 17.7 Å². The molecule has 2 aromatic rings. The highest BCUT2D eigenvalue weighted by Gasteiger charge is 2.08. The van der Waals surface area contributed by atoms with Gasteiger partial charge in [-0.2, -0.15) is 0 Å². The Bertz CT molecular complexity index is 794. The zero-order valence-corrected chi connectivity index (χ0v) is 12.6. The van der Waals surface area contributed by atoms with Crippen molar-refractivity contribution in [2.45, 2.75) is 0 Å². The van der Waals surface area contributed by atoms with E-state index in [4.69, 9.17) is 10.9 Å². The number of primary amides is 1. The van der Waals surface area contributed by atoms with E-state index in [1.165, 1.54) is 41.9 Å². The van der Waals surface area contributed by atoms with Gasteiger partial charge < -0.3 is 5.73 Å². The number of benzene rings is 2. The van der Waals surface area contributed by atoms with Crippen molar-refractivity contribution < 1.29 is 19.2 Å². The smallest absolute Gasteiger partial charge is 0.267 e. The summed E-state index contributed by atoms with van der Waals surface area (Å²) in [6.07, 6.45) is 4.30. The molecule has 0 aliphatic heterocycles. The van der Waals surface area contributed by atoms with Crippen LogP contribution in [0, 0.1) is 5.82 Å². The van der Waals surface area contributed by atoms with E-state index in [2.05, 4.69) is 0 Å². The summed E-state index contributed by atoms with van der Waals surface area (Å²) in [4.78, 5) is 22.6. The summed E-state index contributed by atoms with van der Waals surface area (Å²) >= 11 is 0. The fraction of sp³-hybridized carbons (Fsp3) is 0. The molecule has 0 atom stereocenters. The maximum Gasteiger partial charge on any atom is 0.267 e. The molecule has 0 unspecified atom stereocenters. The van der Waals surface area contributed by atoms with Gasteiger partial charge in [0.25, 0.3) is 5.91 Å². The van der Waals surface area contributed by atoms with E-state index in [9.17, 15) is 14.0 Å². The number of carbonyl (C=O) groups is 2. The molecule has 122 valence electrons. The fourth-order valence-electron chi connectivity index (χ4n) is 2.01. The quantitative estimate of drug-likeness (QED) is 0.341. The average molecular weight is 326 g/mol. The zero-order chi connectivity index (χ0) is 17.5. The van der Waals surface area contributed by atoms with Crippen molar-refractivity contribution in [2.24, 2.45) is 5.73 Å². The van der Waals surface area contributed by atoms with Crippen molar-refractivity contribution >= 4 is 29.5 Å². The molecule has 2 amide bonds. The fourth-order valence-corrected chi connectivity index (χ4v) is 2.01. The number of rotatable bonds is 5. The Morgan fingerprint density at radius 3 is 2.12 bits per heavy atom. The summed E-state index contributed by atoms with van der Waals surface area (Å²) in [6, 6.07) is 12.4. The van der Waals surface area contributed by atoms with Crippen molar-refractivity contribution in [1.29, 1.82) is 0 Å². The minimum atomic E-state index is -0.633. The SMILES string of the molecule is NC(=O)/C(=C/c1ccc(/C=C/C(=O)NO)cc1)c1ccc(F)cc1. The van der Waals surface area contributed by atoms with Gasteiger partial charge in [-0.3, -0.25) is 14.8 Å². The first-order valence-corrected chi connectivity index (χ1v) is 6.99. The number of hydroxylamine groups is 1. The summed E-state index contributed by atoms with van der Waals surface area (Å²) in [5.74, 6) is -1.65. The molecule has 0 radical (unpaired) electrons. The predicted octanol–water partition coefficient (Wildman–Crippen LogP) is 2.37. The van der Waals surface area contributed by atoms with Crippen LogP contribution in [0.3, 0.4) is 0 Å². The van der Waals surface area contributed by atoms with E-state index in [1.807, 2.05) is 0 Å². The lowest BCUT2D eigenvalue weighted by Crippen LogP contribution is -2.14. The van der Waals surface area contributed by atoms with E-state index >= 15 is 0 Å². The average Bonchev–Trinajstić information content (AvgIpc) is 2.59. The summed E-state index contributed by atoms with van der Waals surface area (Å²) in [6.45, 7) is 0. The maximum atomic E-state index is 13.0. The summed E-state index contributed by atoms with van der Waals surface area (Å²) in [5.41, 5.74) is 9.13. The minimum absolute atomic E-state index is 0.262. The van der Waals surface area contributed by atoms with Crippen molar-refractivity contribution in [3.8, 4) is 0 Å². The lowest BCUT2D eigenvalue weighted by atomic mass is 10.0. The number of nitrogens with one attached hydrogen (secondary N) is 1. The Balaban J connectivity index is 2.27. The summed E-state index contributed by atoms with van der Waals surface area (Å²) in [5, 5.41) is 8.41. The van der Waals surface area contributed by atoms with Gasteiger partial charge in [0.15, 0.2) is 0 Å². The van der Waals surface area contributed by atoms with Crippen LogP contribution in [0.1, 0.15) is 16.7 Å². The first kappa shape index (κ1) is 17.1. The second kappa shape index (κ2) is 7.85. The lowest BCUT2D eigenvalue weighted by molar-refractivity contribution is -0.124. The van der Waals surface area contributed by atoms with Crippen LogP contribution in [-0.4, -0.2) is 17.0 Å². The van der Waals surface area contributed by atoms with Gasteiger partial charge in [-0.1, -0.05) is 36.4 Å². The van der Waals surface area contributed by atoms with Crippen LogP contribution in [0.2, 0.25) is 0 Å². The molecule has 0 spiro atoms. The maximum absolute atomic E-state index is 13.0. The third-order valence-electron chi connectivity index (χ3n) is 3.21. The second-order valence-electron chi connectivity index (χ2n) is 4.91. The van der Waals surface area contributed by atoms with Crippen LogP contribution in [0.5, 0.6) is 0 Å². The number of carbonyl (C=O) groups excluding carboxylic acids is 2. The molecule has 0 bridgehead atoms. The predicted molar refractivity (Wildman–Crippen MR) is 88.9 cm³/mol. The monoisotopic (exact) mass is 326 g/mol. The third kappa shape index (κ3) is 4.62. The van der Waals surface area contributed by atoms with E-state index in [1.54, 1.807) is 30.3 Å². The van der Waals surface area contributed by atoms with Gasteiger partial charge in [0.1, 0.15) is 5.82 Å². The van der Waals surface area contributed by atoms with Gasteiger partial charge in [-0.25, -0.2) is 9.87 Å².